The van der Waals surface area contributed by atoms with Crippen molar-refractivity contribution in [3.63, 3.8) is 0 Å². The molecule has 26 heavy (non-hydrogen) atoms. The molecule has 0 saturated carbocycles. The lowest BCUT2D eigenvalue weighted by atomic mass is 10.1. The standard InChI is InChI=1S/C21H29N3O2/c1-4-24-19-9-7-6-8-17(19)18(14-15(3)21(25)26-5-2)20(24)23-16-10-12-22-13-11-16/h6-9,14,16,22-23H,4-5,10-13H2,1-3H3/b15-14+. The number of carbonyl (C=O) groups excluding carboxylic acids is 1. The van der Waals surface area contributed by atoms with Gasteiger partial charge in [-0.05, 0) is 58.8 Å². The topological polar surface area (TPSA) is 55.3 Å². The lowest BCUT2D eigenvalue weighted by Crippen LogP contribution is -2.36. The van der Waals surface area contributed by atoms with Crippen LogP contribution in [0.25, 0.3) is 17.0 Å². The molecule has 0 amide bonds. The first-order valence-electron chi connectivity index (χ1n) is 9.59. The van der Waals surface area contributed by atoms with Crippen LogP contribution in [0.4, 0.5) is 5.82 Å². The molecule has 1 aliphatic heterocycles. The second-order valence-electron chi connectivity index (χ2n) is 6.74. The Bertz CT molecular complexity index is 801. The largest absolute Gasteiger partial charge is 0.463 e. The number of fused-ring (bicyclic) bond motifs is 1. The lowest BCUT2D eigenvalue weighted by Gasteiger charge is -2.26. The van der Waals surface area contributed by atoms with Crippen molar-refractivity contribution in [2.45, 2.75) is 46.2 Å². The van der Waals surface area contributed by atoms with Gasteiger partial charge in [0.1, 0.15) is 5.82 Å². The highest BCUT2D eigenvalue weighted by molar-refractivity contribution is 6.01. The molecule has 5 heteroatoms. The number of ether oxygens (including phenoxy) is 1. The molecule has 0 bridgehead atoms. The third-order valence-corrected chi connectivity index (χ3v) is 4.96. The number of hydrogen-bond acceptors (Lipinski definition) is 4. The Kier molecular flexibility index (Phi) is 5.99. The van der Waals surface area contributed by atoms with E-state index >= 15 is 0 Å². The number of esters is 1. The number of nitrogens with zero attached hydrogens (tertiary/aromatic N) is 1. The molecule has 0 atom stereocenters. The molecule has 1 aromatic heterocycles. The molecule has 0 unspecified atom stereocenters. The first kappa shape index (κ1) is 18.5. The van der Waals surface area contributed by atoms with Crippen molar-refractivity contribution in [1.29, 1.82) is 0 Å². The minimum atomic E-state index is -0.256. The van der Waals surface area contributed by atoms with Crippen LogP contribution in [0.3, 0.4) is 0 Å². The third kappa shape index (κ3) is 3.78. The van der Waals surface area contributed by atoms with Crippen molar-refractivity contribution in [1.82, 2.24) is 9.88 Å². The van der Waals surface area contributed by atoms with E-state index in [9.17, 15) is 4.79 Å². The Labute approximate surface area is 155 Å². The Balaban J connectivity index is 2.07. The Hall–Kier alpha value is -2.27. The fraction of sp³-hybridized carbons (Fsp3) is 0.476. The van der Waals surface area contributed by atoms with Gasteiger partial charge >= 0.3 is 5.97 Å². The highest BCUT2D eigenvalue weighted by atomic mass is 16.5. The highest BCUT2D eigenvalue weighted by Gasteiger charge is 2.20. The van der Waals surface area contributed by atoms with Gasteiger partial charge in [-0.1, -0.05) is 18.2 Å². The molecule has 1 saturated heterocycles. The number of piperidine rings is 1. The Morgan fingerprint density at radius 1 is 1.31 bits per heavy atom. The fourth-order valence-electron chi connectivity index (χ4n) is 3.64. The number of carbonyl (C=O) groups is 1. The number of anilines is 1. The SMILES string of the molecule is CCOC(=O)/C(C)=C/c1c(NC2CCNCC2)n(CC)c2ccccc12. The molecule has 2 N–H and O–H groups in total. The van der Waals surface area contributed by atoms with Crippen LogP contribution in [-0.2, 0) is 16.1 Å². The van der Waals surface area contributed by atoms with Crippen LogP contribution in [0, 0.1) is 0 Å². The number of nitrogens with one attached hydrogen (secondary N) is 2. The van der Waals surface area contributed by atoms with Crippen molar-refractivity contribution in [2.75, 3.05) is 25.0 Å². The van der Waals surface area contributed by atoms with Gasteiger partial charge in [-0.15, -0.1) is 0 Å². The van der Waals surface area contributed by atoms with Crippen LogP contribution in [0.15, 0.2) is 29.8 Å². The Morgan fingerprint density at radius 2 is 2.04 bits per heavy atom. The summed E-state index contributed by atoms with van der Waals surface area (Å²) >= 11 is 0. The molecule has 0 radical (unpaired) electrons. The van der Waals surface area contributed by atoms with Crippen LogP contribution in [-0.4, -0.2) is 36.3 Å². The number of aromatic nitrogens is 1. The zero-order chi connectivity index (χ0) is 18.5. The smallest absolute Gasteiger partial charge is 0.333 e. The van der Waals surface area contributed by atoms with Gasteiger partial charge in [0.15, 0.2) is 0 Å². The molecule has 3 rings (SSSR count). The van der Waals surface area contributed by atoms with Gasteiger partial charge in [0.05, 0.1) is 12.1 Å². The van der Waals surface area contributed by atoms with Crippen molar-refractivity contribution >= 4 is 28.8 Å². The van der Waals surface area contributed by atoms with E-state index < -0.39 is 0 Å². The average molecular weight is 355 g/mol. The third-order valence-electron chi connectivity index (χ3n) is 4.96. The maximum atomic E-state index is 12.1. The summed E-state index contributed by atoms with van der Waals surface area (Å²) in [5, 5.41) is 8.33. The minimum Gasteiger partial charge on any atom is -0.463 e. The van der Waals surface area contributed by atoms with E-state index in [2.05, 4.69) is 40.3 Å². The van der Waals surface area contributed by atoms with Gasteiger partial charge in [0.2, 0.25) is 0 Å². The zero-order valence-corrected chi connectivity index (χ0v) is 16.0. The summed E-state index contributed by atoms with van der Waals surface area (Å²) in [6, 6.07) is 8.83. The number of rotatable bonds is 6. The van der Waals surface area contributed by atoms with Crippen LogP contribution in [0.2, 0.25) is 0 Å². The van der Waals surface area contributed by atoms with E-state index in [1.807, 2.05) is 26.0 Å². The number of benzene rings is 1. The van der Waals surface area contributed by atoms with E-state index in [-0.39, 0.29) is 5.97 Å². The van der Waals surface area contributed by atoms with Crippen molar-refractivity contribution < 1.29 is 9.53 Å². The number of para-hydroxylation sites is 1. The van der Waals surface area contributed by atoms with Crippen LogP contribution in [0.1, 0.15) is 39.2 Å². The summed E-state index contributed by atoms with van der Waals surface area (Å²) in [5.74, 6) is 0.845. The predicted octanol–water partition coefficient (Wildman–Crippen LogP) is 3.79. The maximum Gasteiger partial charge on any atom is 0.333 e. The van der Waals surface area contributed by atoms with Crippen LogP contribution in [0.5, 0.6) is 0 Å². The number of hydrogen-bond donors (Lipinski definition) is 2. The summed E-state index contributed by atoms with van der Waals surface area (Å²) in [4.78, 5) is 12.1. The van der Waals surface area contributed by atoms with Crippen LogP contribution >= 0.6 is 0 Å². The molecular weight excluding hydrogens is 326 g/mol. The molecule has 2 aromatic rings. The summed E-state index contributed by atoms with van der Waals surface area (Å²) in [6.45, 7) is 9.16. The second kappa shape index (κ2) is 8.41. The first-order valence-corrected chi connectivity index (χ1v) is 9.59. The summed E-state index contributed by atoms with van der Waals surface area (Å²) in [5.41, 5.74) is 2.89. The average Bonchev–Trinajstić information content (AvgIpc) is 2.95. The molecule has 0 spiro atoms. The lowest BCUT2D eigenvalue weighted by molar-refractivity contribution is -0.138. The molecule has 140 valence electrons. The minimum absolute atomic E-state index is 0.256. The van der Waals surface area contributed by atoms with E-state index in [0.717, 1.165) is 49.2 Å². The molecule has 1 aliphatic rings. The highest BCUT2D eigenvalue weighted by Crippen LogP contribution is 2.33. The van der Waals surface area contributed by atoms with Crippen LogP contribution < -0.4 is 10.6 Å². The first-order chi connectivity index (χ1) is 12.7. The van der Waals surface area contributed by atoms with Gasteiger partial charge in [-0.2, -0.15) is 0 Å². The van der Waals surface area contributed by atoms with Crippen molar-refractivity contribution in [3.8, 4) is 0 Å². The second-order valence-corrected chi connectivity index (χ2v) is 6.74. The van der Waals surface area contributed by atoms with E-state index in [0.29, 0.717) is 18.2 Å². The van der Waals surface area contributed by atoms with Crippen molar-refractivity contribution in [3.05, 3.63) is 35.4 Å². The summed E-state index contributed by atoms with van der Waals surface area (Å²) in [6.07, 6.45) is 4.17. The maximum absolute atomic E-state index is 12.1. The monoisotopic (exact) mass is 355 g/mol. The van der Waals surface area contributed by atoms with Gasteiger partial charge < -0.3 is 19.9 Å². The molecule has 5 nitrogen and oxygen atoms in total. The fourth-order valence-corrected chi connectivity index (χ4v) is 3.64. The van der Waals surface area contributed by atoms with E-state index in [4.69, 9.17) is 4.74 Å². The predicted molar refractivity (Wildman–Crippen MR) is 107 cm³/mol. The van der Waals surface area contributed by atoms with Crippen molar-refractivity contribution in [2.24, 2.45) is 0 Å². The van der Waals surface area contributed by atoms with E-state index in [1.54, 1.807) is 0 Å². The quantitative estimate of drug-likeness (QED) is 0.611. The summed E-state index contributed by atoms with van der Waals surface area (Å²) in [7, 11) is 0. The normalized spacial score (nSPS) is 16.0. The summed E-state index contributed by atoms with van der Waals surface area (Å²) < 4.78 is 7.48. The Morgan fingerprint density at radius 3 is 2.73 bits per heavy atom. The molecule has 0 aliphatic carbocycles. The van der Waals surface area contributed by atoms with Gasteiger partial charge in [0.25, 0.3) is 0 Å². The van der Waals surface area contributed by atoms with Gasteiger partial charge in [-0.25, -0.2) is 4.79 Å². The molecule has 2 heterocycles. The van der Waals surface area contributed by atoms with E-state index in [1.165, 1.54) is 5.52 Å². The zero-order valence-electron chi connectivity index (χ0n) is 16.0. The van der Waals surface area contributed by atoms with Gasteiger partial charge in [0, 0.05) is 29.1 Å². The molecule has 1 aromatic carbocycles. The molecule has 1 fully saturated rings. The molecular formula is C21H29N3O2. The number of aryl methyl sites for hydroxylation is 1. The van der Waals surface area contributed by atoms with Gasteiger partial charge in [-0.3, -0.25) is 0 Å².